The van der Waals surface area contributed by atoms with E-state index in [-0.39, 0.29) is 48.9 Å². The number of ether oxygens (including phenoxy) is 3. The molecule has 15 nitrogen and oxygen atoms in total. The van der Waals surface area contributed by atoms with Crippen LogP contribution in [-0.4, -0.2) is 66.8 Å². The second-order valence-electron chi connectivity index (χ2n) is 17.5. The van der Waals surface area contributed by atoms with Crippen molar-refractivity contribution in [3.05, 3.63) is 185 Å². The number of H-pyrrole nitrogens is 1. The van der Waals surface area contributed by atoms with E-state index in [2.05, 4.69) is 71.0 Å². The van der Waals surface area contributed by atoms with E-state index in [1.807, 2.05) is 98.8 Å². The normalized spacial score (nSPS) is 18.4. The summed E-state index contributed by atoms with van der Waals surface area (Å²) < 4.78 is 37.5. The van der Waals surface area contributed by atoms with Gasteiger partial charge in [0.25, 0.3) is 14.1 Å². The first-order chi connectivity index (χ1) is 33.5. The molecule has 0 saturated carbocycles. The largest absolute Gasteiger partial charge is 0.497 e. The summed E-state index contributed by atoms with van der Waals surface area (Å²) in [5.74, 6) is 0.322. The number of nitrogens with one attached hydrogen (secondary N) is 2. The number of benzene rings is 4. The lowest BCUT2D eigenvalue weighted by Crippen LogP contribution is -2.38. The molecule has 16 heteroatoms. The third-order valence-electron chi connectivity index (χ3n) is 12.9. The molecular formula is C53H57N8O7P. The number of fused-ring (bicyclic) bond motifs is 1. The summed E-state index contributed by atoms with van der Waals surface area (Å²) in [5, 5.41) is 12.8. The zero-order valence-corrected chi connectivity index (χ0v) is 40.3. The number of nitriles is 1. The number of carbonyl (C=O) groups is 1. The van der Waals surface area contributed by atoms with Crippen molar-refractivity contribution in [2.45, 2.75) is 89.9 Å². The Morgan fingerprint density at radius 2 is 1.70 bits per heavy atom. The van der Waals surface area contributed by atoms with Crippen LogP contribution < -0.4 is 15.6 Å². The Kier molecular flexibility index (Phi) is 15.3. The molecule has 0 spiro atoms. The maximum atomic E-state index is 13.5. The Labute approximate surface area is 403 Å². The van der Waals surface area contributed by atoms with Crippen LogP contribution in [0.15, 0.2) is 146 Å². The van der Waals surface area contributed by atoms with E-state index in [0.717, 1.165) is 39.8 Å². The van der Waals surface area contributed by atoms with Gasteiger partial charge in [0.05, 0.1) is 51.2 Å². The monoisotopic (exact) mass is 948 g/mol. The van der Waals surface area contributed by atoms with Crippen molar-refractivity contribution >= 4 is 31.5 Å². The van der Waals surface area contributed by atoms with E-state index >= 15 is 0 Å². The summed E-state index contributed by atoms with van der Waals surface area (Å²) in [7, 11) is -0.311. The fourth-order valence-electron chi connectivity index (χ4n) is 8.67. The van der Waals surface area contributed by atoms with Gasteiger partial charge in [-0.1, -0.05) is 122 Å². The van der Waals surface area contributed by atoms with E-state index in [9.17, 15) is 14.9 Å². The highest BCUT2D eigenvalue weighted by Gasteiger charge is 2.45. The van der Waals surface area contributed by atoms with Crippen LogP contribution in [0.3, 0.4) is 0 Å². The van der Waals surface area contributed by atoms with Gasteiger partial charge in [-0.15, -0.1) is 6.58 Å². The van der Waals surface area contributed by atoms with Gasteiger partial charge in [-0.2, -0.15) is 10.2 Å². The topological polar surface area (TPSA) is 180 Å². The molecule has 1 aliphatic heterocycles. The lowest BCUT2D eigenvalue weighted by Gasteiger charge is -2.38. The molecule has 1 aliphatic rings. The van der Waals surface area contributed by atoms with Gasteiger partial charge in [0.1, 0.15) is 30.0 Å². The van der Waals surface area contributed by atoms with Crippen molar-refractivity contribution in [1.29, 1.82) is 5.26 Å². The number of hydrogen-bond acceptors (Lipinski definition) is 11. The van der Waals surface area contributed by atoms with Crippen molar-refractivity contribution in [3.8, 4) is 11.8 Å². The van der Waals surface area contributed by atoms with Gasteiger partial charge in [0.2, 0.25) is 11.9 Å². The van der Waals surface area contributed by atoms with Crippen LogP contribution >= 0.6 is 8.53 Å². The van der Waals surface area contributed by atoms with Gasteiger partial charge in [-0.25, -0.2) is 9.97 Å². The first-order valence-electron chi connectivity index (χ1n) is 23.0. The van der Waals surface area contributed by atoms with Crippen molar-refractivity contribution in [2.75, 3.05) is 19.0 Å². The molecule has 4 heterocycles. The maximum absolute atomic E-state index is 13.5. The van der Waals surface area contributed by atoms with Crippen LogP contribution in [0, 0.1) is 30.6 Å². The number of methoxy groups -OCH3 is 1. The second kappa shape index (κ2) is 21.7. The van der Waals surface area contributed by atoms with Crippen molar-refractivity contribution in [3.63, 3.8) is 0 Å². The van der Waals surface area contributed by atoms with Gasteiger partial charge in [0.15, 0.2) is 11.2 Å². The van der Waals surface area contributed by atoms with Gasteiger partial charge in [-0.3, -0.25) is 28.8 Å². The molecular weight excluding hydrogens is 892 g/mol. The van der Waals surface area contributed by atoms with Gasteiger partial charge >= 0.3 is 0 Å². The molecule has 2 N–H and O–H groups in total. The van der Waals surface area contributed by atoms with E-state index in [0.29, 0.717) is 12.2 Å². The fourth-order valence-corrected chi connectivity index (χ4v) is 10.3. The number of imidazole rings is 2. The van der Waals surface area contributed by atoms with E-state index < -0.39 is 49.6 Å². The zero-order chi connectivity index (χ0) is 48.5. The summed E-state index contributed by atoms with van der Waals surface area (Å²) in [5.41, 5.74) is 3.79. The third-order valence-corrected chi connectivity index (χ3v) is 14.4. The smallest absolute Gasteiger partial charge is 0.295 e. The average Bonchev–Trinajstić information content (AvgIpc) is 4.15. The molecule has 0 radical (unpaired) electrons. The third kappa shape index (κ3) is 10.8. The lowest BCUT2D eigenvalue weighted by molar-refractivity contribution is -0.115. The van der Waals surface area contributed by atoms with Gasteiger partial charge < -0.3 is 23.3 Å². The number of aryl methyl sites for hydroxylation is 2. The van der Waals surface area contributed by atoms with E-state index in [1.54, 1.807) is 34.7 Å². The highest BCUT2D eigenvalue weighted by Crippen LogP contribution is 2.51. The lowest BCUT2D eigenvalue weighted by atomic mass is 9.77. The molecule has 1 amide bonds. The maximum Gasteiger partial charge on any atom is 0.295 e. The first kappa shape index (κ1) is 48.7. The molecule has 7 unspecified atom stereocenters. The van der Waals surface area contributed by atoms with Crippen LogP contribution in [0.25, 0.3) is 11.2 Å². The Morgan fingerprint density at radius 1 is 1.01 bits per heavy atom. The number of hydrogen-bond donors (Lipinski definition) is 2. The van der Waals surface area contributed by atoms with Crippen LogP contribution in [0.2, 0.25) is 0 Å². The molecule has 69 heavy (non-hydrogen) atoms. The van der Waals surface area contributed by atoms with Crippen molar-refractivity contribution in [1.82, 2.24) is 28.8 Å². The van der Waals surface area contributed by atoms with Crippen molar-refractivity contribution < 1.29 is 28.1 Å². The predicted octanol–water partition coefficient (Wildman–Crippen LogP) is 9.87. The molecule has 1 fully saturated rings. The highest BCUT2D eigenvalue weighted by atomic mass is 31.2. The zero-order valence-electron chi connectivity index (χ0n) is 39.4. The molecule has 1 saturated heterocycles. The fraction of sp³-hybridized carbons (Fsp3) is 0.321. The number of aromatic amines is 1. The standard InChI is InChI=1S/C53H57N8O7P/c1-7-27-52(5,8-2)45(26-28-54)68-69(60-30-29-55-34-60)67-43-32-47(61-35-56-48-49(61)58-51(59-50(48)63)57-46(62)31-38-18-14-36(3)15-19-38)66-44(43)33-65-53(39-12-10-9-11-13-39,40-20-16-37(4)17-21-40)41-22-24-42(64-6)25-23-41/h7,9-25,29-30,34-35,43-45,47H,1,8,26-27,31-33H2,2-6H3,(H2,57,58,59,62,63). The van der Waals surface area contributed by atoms with Crippen LogP contribution in [0.5, 0.6) is 5.75 Å². The second-order valence-corrected chi connectivity index (χ2v) is 18.9. The minimum absolute atomic E-state index is 0.00872. The predicted molar refractivity (Wildman–Crippen MR) is 264 cm³/mol. The molecule has 4 aromatic carbocycles. The minimum Gasteiger partial charge on any atom is -0.497 e. The van der Waals surface area contributed by atoms with Gasteiger partial charge in [-0.05, 0) is 66.5 Å². The summed E-state index contributed by atoms with van der Waals surface area (Å²) in [6.45, 7) is 12.2. The Balaban J connectivity index is 1.19. The molecule has 0 bridgehead atoms. The van der Waals surface area contributed by atoms with Crippen LogP contribution in [0.1, 0.15) is 79.1 Å². The summed E-state index contributed by atoms with van der Waals surface area (Å²) in [6.07, 6.45) is 7.46. The molecule has 3 aromatic heterocycles. The quantitative estimate of drug-likeness (QED) is 0.0398. The SMILES string of the molecule is C=CCC(C)(CC)C(CC#N)OP(OC1CC(n2cnc3c(=O)[nH]c(NC(=O)Cc4ccc(C)cc4)nc32)OC1COC(c1ccccc1)(c1ccc(C)cc1)c1ccc(OC)cc1)n1ccnc1. The summed E-state index contributed by atoms with van der Waals surface area (Å²) in [4.78, 5) is 42.9. The number of rotatable bonds is 21. The van der Waals surface area contributed by atoms with Crippen LogP contribution in [-0.2, 0) is 35.3 Å². The van der Waals surface area contributed by atoms with Crippen molar-refractivity contribution in [2.24, 2.45) is 5.41 Å². The number of aromatic nitrogens is 6. The number of carbonyl (C=O) groups excluding carboxylic acids is 1. The van der Waals surface area contributed by atoms with Crippen LogP contribution in [0.4, 0.5) is 5.95 Å². The summed E-state index contributed by atoms with van der Waals surface area (Å²) in [6, 6.07) is 36.2. The number of amides is 1. The Bertz CT molecular complexity index is 2920. The molecule has 7 aromatic rings. The number of anilines is 1. The molecule has 0 aliphatic carbocycles. The van der Waals surface area contributed by atoms with Gasteiger partial charge in [0, 0.05) is 18.8 Å². The highest BCUT2D eigenvalue weighted by molar-refractivity contribution is 7.45. The first-order valence-corrected chi connectivity index (χ1v) is 24.1. The Hall–Kier alpha value is -6.79. The van der Waals surface area contributed by atoms with E-state index in [1.165, 1.54) is 6.33 Å². The average molecular weight is 949 g/mol. The minimum atomic E-state index is -1.95. The molecule has 7 atom stereocenters. The summed E-state index contributed by atoms with van der Waals surface area (Å²) >= 11 is 0. The molecule has 356 valence electrons. The Morgan fingerprint density at radius 3 is 2.33 bits per heavy atom. The van der Waals surface area contributed by atoms with E-state index in [4.69, 9.17) is 28.2 Å². The molecule has 8 rings (SSSR count). The number of allylic oxidation sites excluding steroid dienone is 1. The number of nitrogens with zero attached hydrogens (tertiary/aromatic N) is 6.